The van der Waals surface area contributed by atoms with Crippen molar-refractivity contribution in [3.05, 3.63) is 35.4 Å². The average Bonchev–Trinajstić information content (AvgIpc) is 3.17. The molecule has 1 aromatic rings. The Hall–Kier alpha value is -2.58. The third-order valence-corrected chi connectivity index (χ3v) is 5.06. The van der Waals surface area contributed by atoms with E-state index in [0.29, 0.717) is 0 Å². The molecular formula is C18H20F3N3O3. The molecule has 1 atom stereocenters. The number of amides is 4. The molecule has 0 radical (unpaired) electrons. The van der Waals surface area contributed by atoms with Crippen LogP contribution in [0.1, 0.15) is 43.7 Å². The van der Waals surface area contributed by atoms with Crippen LogP contribution < -0.4 is 10.6 Å². The van der Waals surface area contributed by atoms with E-state index in [9.17, 15) is 27.6 Å². The monoisotopic (exact) mass is 383 g/mol. The van der Waals surface area contributed by atoms with E-state index < -0.39 is 41.7 Å². The van der Waals surface area contributed by atoms with Crippen LogP contribution in [0.4, 0.5) is 18.0 Å². The quantitative estimate of drug-likeness (QED) is 0.785. The molecule has 1 saturated heterocycles. The molecule has 9 heteroatoms. The van der Waals surface area contributed by atoms with E-state index in [1.807, 2.05) is 0 Å². The van der Waals surface area contributed by atoms with Crippen LogP contribution in [0.5, 0.6) is 0 Å². The lowest BCUT2D eigenvalue weighted by Crippen LogP contribution is -2.45. The summed E-state index contributed by atoms with van der Waals surface area (Å²) in [7, 11) is 0. The molecule has 0 spiro atoms. The molecule has 2 fully saturated rings. The first-order chi connectivity index (χ1) is 12.6. The summed E-state index contributed by atoms with van der Waals surface area (Å²) in [5, 5.41) is 5.20. The van der Waals surface area contributed by atoms with Gasteiger partial charge in [0.25, 0.3) is 5.91 Å². The van der Waals surface area contributed by atoms with Gasteiger partial charge in [0.2, 0.25) is 5.91 Å². The number of rotatable bonds is 4. The minimum atomic E-state index is -4.57. The van der Waals surface area contributed by atoms with E-state index in [-0.39, 0.29) is 11.6 Å². The lowest BCUT2D eigenvalue weighted by atomic mass is 9.90. The highest BCUT2D eigenvalue weighted by molar-refractivity contribution is 6.09. The normalized spacial score (nSPS) is 23.6. The van der Waals surface area contributed by atoms with Gasteiger partial charge >= 0.3 is 12.2 Å². The summed E-state index contributed by atoms with van der Waals surface area (Å²) in [6.07, 6.45) is -0.829. The number of halogens is 3. The average molecular weight is 383 g/mol. The molecule has 1 aliphatic heterocycles. The fraction of sp³-hybridized carbons (Fsp3) is 0.500. The van der Waals surface area contributed by atoms with Gasteiger partial charge in [-0.1, -0.05) is 25.0 Å². The molecule has 1 heterocycles. The van der Waals surface area contributed by atoms with Gasteiger partial charge in [-0.15, -0.1) is 0 Å². The van der Waals surface area contributed by atoms with Gasteiger partial charge < -0.3 is 10.6 Å². The van der Waals surface area contributed by atoms with Crippen LogP contribution in [0.3, 0.4) is 0 Å². The Kier molecular flexibility index (Phi) is 4.88. The maximum absolute atomic E-state index is 13.0. The summed E-state index contributed by atoms with van der Waals surface area (Å²) in [6, 6.07) is 3.48. The predicted molar refractivity (Wildman–Crippen MR) is 89.4 cm³/mol. The SMILES string of the molecule is C[C@@]1(c2cccc(C(F)(F)F)c2)NC(=O)N(CC(=O)NC2CCCC2)C1=O. The second kappa shape index (κ2) is 6.86. The summed E-state index contributed by atoms with van der Waals surface area (Å²) in [4.78, 5) is 37.9. The fourth-order valence-electron chi connectivity index (χ4n) is 3.53. The number of alkyl halides is 3. The number of hydrogen-bond acceptors (Lipinski definition) is 3. The van der Waals surface area contributed by atoms with Gasteiger partial charge in [-0.05, 0) is 37.5 Å². The van der Waals surface area contributed by atoms with Crippen LogP contribution in [-0.4, -0.2) is 35.3 Å². The molecule has 27 heavy (non-hydrogen) atoms. The summed E-state index contributed by atoms with van der Waals surface area (Å²) in [5.74, 6) is -1.22. The van der Waals surface area contributed by atoms with Crippen molar-refractivity contribution >= 4 is 17.8 Å². The molecule has 6 nitrogen and oxygen atoms in total. The highest BCUT2D eigenvalue weighted by atomic mass is 19.4. The lowest BCUT2D eigenvalue weighted by molar-refractivity contribution is -0.138. The van der Waals surface area contributed by atoms with Crippen molar-refractivity contribution in [3.8, 4) is 0 Å². The molecule has 3 rings (SSSR count). The Morgan fingerprint density at radius 3 is 2.59 bits per heavy atom. The second-order valence-electron chi connectivity index (χ2n) is 7.07. The van der Waals surface area contributed by atoms with Crippen molar-refractivity contribution < 1.29 is 27.6 Å². The van der Waals surface area contributed by atoms with Crippen molar-refractivity contribution in [2.24, 2.45) is 0 Å². The third kappa shape index (κ3) is 3.77. The number of nitrogens with one attached hydrogen (secondary N) is 2. The number of benzene rings is 1. The van der Waals surface area contributed by atoms with Gasteiger partial charge in [0.05, 0.1) is 5.56 Å². The highest BCUT2D eigenvalue weighted by Gasteiger charge is 2.50. The van der Waals surface area contributed by atoms with E-state index in [4.69, 9.17) is 0 Å². The number of imide groups is 1. The van der Waals surface area contributed by atoms with Gasteiger partial charge in [0.1, 0.15) is 12.1 Å². The Labute approximate surface area is 154 Å². The first kappa shape index (κ1) is 19.2. The van der Waals surface area contributed by atoms with Crippen molar-refractivity contribution in [2.75, 3.05) is 6.54 Å². The first-order valence-corrected chi connectivity index (χ1v) is 8.72. The molecule has 0 aromatic heterocycles. The minimum Gasteiger partial charge on any atom is -0.352 e. The van der Waals surface area contributed by atoms with Gasteiger partial charge in [-0.2, -0.15) is 13.2 Å². The Morgan fingerprint density at radius 1 is 1.30 bits per heavy atom. The van der Waals surface area contributed by atoms with Crippen LogP contribution in [0.2, 0.25) is 0 Å². The molecule has 2 N–H and O–H groups in total. The fourth-order valence-corrected chi connectivity index (χ4v) is 3.53. The first-order valence-electron chi connectivity index (χ1n) is 8.72. The molecule has 1 aromatic carbocycles. The molecule has 0 bridgehead atoms. The van der Waals surface area contributed by atoms with Crippen molar-refractivity contribution in [3.63, 3.8) is 0 Å². The van der Waals surface area contributed by atoms with E-state index in [2.05, 4.69) is 10.6 Å². The maximum Gasteiger partial charge on any atom is 0.416 e. The van der Waals surface area contributed by atoms with Crippen molar-refractivity contribution in [1.82, 2.24) is 15.5 Å². The highest BCUT2D eigenvalue weighted by Crippen LogP contribution is 2.34. The van der Waals surface area contributed by atoms with Crippen LogP contribution in [0.15, 0.2) is 24.3 Å². The summed E-state index contributed by atoms with van der Waals surface area (Å²) >= 11 is 0. The Bertz CT molecular complexity index is 775. The summed E-state index contributed by atoms with van der Waals surface area (Å²) in [6.45, 7) is 0.868. The molecule has 0 unspecified atom stereocenters. The van der Waals surface area contributed by atoms with E-state index >= 15 is 0 Å². The second-order valence-corrected chi connectivity index (χ2v) is 7.07. The molecule has 1 saturated carbocycles. The molecule has 2 aliphatic rings. The van der Waals surface area contributed by atoms with Crippen LogP contribution in [-0.2, 0) is 21.3 Å². The number of urea groups is 1. The van der Waals surface area contributed by atoms with E-state index in [0.717, 1.165) is 42.7 Å². The molecule has 1 aliphatic carbocycles. The van der Waals surface area contributed by atoms with Gasteiger partial charge in [0, 0.05) is 6.04 Å². The van der Waals surface area contributed by atoms with Crippen molar-refractivity contribution in [1.29, 1.82) is 0 Å². The Balaban J connectivity index is 1.77. The number of carbonyl (C=O) groups excluding carboxylic acids is 3. The number of hydrogen-bond donors (Lipinski definition) is 2. The van der Waals surface area contributed by atoms with Crippen molar-refractivity contribution in [2.45, 2.75) is 50.4 Å². The lowest BCUT2D eigenvalue weighted by Gasteiger charge is -2.23. The zero-order valence-corrected chi connectivity index (χ0v) is 14.7. The standard InChI is InChI=1S/C18H20F3N3O3/c1-17(11-5-4-6-12(9-11)18(19,20)21)15(26)24(16(27)23-17)10-14(25)22-13-7-2-3-8-13/h4-6,9,13H,2-3,7-8,10H2,1H3,(H,22,25)(H,23,27)/t17-/m0/s1. The van der Waals surface area contributed by atoms with Crippen LogP contribution >= 0.6 is 0 Å². The maximum atomic E-state index is 13.0. The summed E-state index contributed by atoms with van der Waals surface area (Å²) < 4.78 is 38.9. The van der Waals surface area contributed by atoms with Crippen LogP contribution in [0.25, 0.3) is 0 Å². The smallest absolute Gasteiger partial charge is 0.352 e. The zero-order chi connectivity index (χ0) is 19.8. The third-order valence-electron chi connectivity index (χ3n) is 5.06. The van der Waals surface area contributed by atoms with Gasteiger partial charge in [-0.25, -0.2) is 4.79 Å². The largest absolute Gasteiger partial charge is 0.416 e. The summed E-state index contributed by atoms with van der Waals surface area (Å²) in [5.41, 5.74) is -2.57. The zero-order valence-electron chi connectivity index (χ0n) is 14.7. The molecule has 4 amide bonds. The minimum absolute atomic E-state index is 0.00868. The number of nitrogens with zero attached hydrogens (tertiary/aromatic N) is 1. The van der Waals surface area contributed by atoms with Gasteiger partial charge in [0.15, 0.2) is 0 Å². The van der Waals surface area contributed by atoms with Crippen LogP contribution in [0, 0.1) is 0 Å². The number of carbonyl (C=O) groups is 3. The molecule has 146 valence electrons. The topological polar surface area (TPSA) is 78.5 Å². The van der Waals surface area contributed by atoms with E-state index in [1.165, 1.54) is 19.1 Å². The predicted octanol–water partition coefficient (Wildman–Crippen LogP) is 2.53. The van der Waals surface area contributed by atoms with E-state index in [1.54, 1.807) is 0 Å². The van der Waals surface area contributed by atoms with Gasteiger partial charge in [-0.3, -0.25) is 14.5 Å². The Morgan fingerprint density at radius 2 is 1.96 bits per heavy atom. The molecular weight excluding hydrogens is 363 g/mol.